The van der Waals surface area contributed by atoms with Crippen LogP contribution >= 0.6 is 11.3 Å². The zero-order chi connectivity index (χ0) is 12.3. The molecule has 1 atom stereocenters. The van der Waals surface area contributed by atoms with Gasteiger partial charge in [0.2, 0.25) is 5.91 Å². The first-order valence-electron chi connectivity index (χ1n) is 5.98. The van der Waals surface area contributed by atoms with E-state index in [1.807, 2.05) is 22.4 Å². The molecular formula is C13H17NO2S. The van der Waals surface area contributed by atoms with Crippen LogP contribution in [0.2, 0.25) is 0 Å². The van der Waals surface area contributed by atoms with Crippen LogP contribution in [0.25, 0.3) is 0 Å². The number of hydrogen-bond acceptors (Lipinski definition) is 3. The van der Waals surface area contributed by atoms with Crippen LogP contribution in [0.3, 0.4) is 0 Å². The minimum absolute atomic E-state index is 0.139. The van der Waals surface area contributed by atoms with Crippen molar-refractivity contribution in [1.29, 1.82) is 0 Å². The first-order chi connectivity index (χ1) is 8.16. The number of carbonyl (C=O) groups is 2. The van der Waals surface area contributed by atoms with Gasteiger partial charge in [-0.2, -0.15) is 0 Å². The summed E-state index contributed by atoms with van der Waals surface area (Å²) in [5, 5.41) is 1.99. The van der Waals surface area contributed by atoms with Gasteiger partial charge in [-0.3, -0.25) is 9.59 Å². The molecule has 3 nitrogen and oxygen atoms in total. The smallest absolute Gasteiger partial charge is 0.228 e. The van der Waals surface area contributed by atoms with Crippen molar-refractivity contribution in [3.05, 3.63) is 22.4 Å². The zero-order valence-electron chi connectivity index (χ0n) is 10.0. The second kappa shape index (κ2) is 5.45. The predicted octanol–water partition coefficient (Wildman–Crippen LogP) is 2.26. The third-order valence-corrected chi connectivity index (χ3v) is 4.00. The van der Waals surface area contributed by atoms with Gasteiger partial charge in [-0.15, -0.1) is 11.3 Å². The molecule has 1 aliphatic heterocycles. The molecule has 2 rings (SSSR count). The van der Waals surface area contributed by atoms with Crippen molar-refractivity contribution in [2.75, 3.05) is 6.54 Å². The predicted molar refractivity (Wildman–Crippen MR) is 68.1 cm³/mol. The van der Waals surface area contributed by atoms with E-state index in [2.05, 4.69) is 0 Å². The Hall–Kier alpha value is -1.16. The number of nitrogens with zero attached hydrogens (tertiary/aromatic N) is 1. The van der Waals surface area contributed by atoms with Crippen molar-refractivity contribution in [1.82, 2.24) is 4.90 Å². The summed E-state index contributed by atoms with van der Waals surface area (Å²) in [7, 11) is 0. The molecule has 0 aromatic carbocycles. The number of carbonyl (C=O) groups excluding carboxylic acids is 2. The molecule has 1 fully saturated rings. The zero-order valence-corrected chi connectivity index (χ0v) is 10.8. The third-order valence-electron chi connectivity index (χ3n) is 3.13. The molecule has 0 saturated carbocycles. The summed E-state index contributed by atoms with van der Waals surface area (Å²) in [6, 6.07) is 4.09. The Bertz CT molecular complexity index is 400. The molecule has 17 heavy (non-hydrogen) atoms. The van der Waals surface area contributed by atoms with Crippen LogP contribution in [0.5, 0.6) is 0 Å². The van der Waals surface area contributed by atoms with E-state index in [1.54, 1.807) is 18.3 Å². The molecule has 1 aliphatic rings. The topological polar surface area (TPSA) is 37.4 Å². The number of amides is 1. The first-order valence-corrected chi connectivity index (χ1v) is 6.86. The van der Waals surface area contributed by atoms with E-state index in [0.29, 0.717) is 12.8 Å². The fraction of sp³-hybridized carbons (Fsp3) is 0.538. The maximum atomic E-state index is 12.1. The molecule has 1 aromatic heterocycles. The fourth-order valence-electron chi connectivity index (χ4n) is 2.37. The van der Waals surface area contributed by atoms with Gasteiger partial charge in [-0.25, -0.2) is 0 Å². The molecule has 4 heteroatoms. The van der Waals surface area contributed by atoms with Gasteiger partial charge in [0.1, 0.15) is 5.78 Å². The molecule has 1 saturated heterocycles. The van der Waals surface area contributed by atoms with Crippen LogP contribution in [-0.4, -0.2) is 29.2 Å². The summed E-state index contributed by atoms with van der Waals surface area (Å²) in [6.45, 7) is 2.41. The highest BCUT2D eigenvalue weighted by Crippen LogP contribution is 2.22. The number of hydrogen-bond donors (Lipinski definition) is 0. The summed E-state index contributed by atoms with van der Waals surface area (Å²) in [5.74, 6) is 0.335. The van der Waals surface area contributed by atoms with Gasteiger partial charge in [0.25, 0.3) is 0 Å². The summed E-state index contributed by atoms with van der Waals surface area (Å²) < 4.78 is 0. The number of likely N-dealkylation sites (tertiary alicyclic amines) is 1. The Morgan fingerprint density at radius 2 is 2.35 bits per heavy atom. The quantitative estimate of drug-likeness (QED) is 0.823. The Balaban J connectivity index is 1.96. The van der Waals surface area contributed by atoms with Crippen molar-refractivity contribution >= 4 is 23.0 Å². The molecule has 1 unspecified atom stereocenters. The van der Waals surface area contributed by atoms with E-state index in [1.165, 1.54) is 0 Å². The second-order valence-corrected chi connectivity index (χ2v) is 5.58. The second-order valence-electron chi connectivity index (χ2n) is 4.55. The van der Waals surface area contributed by atoms with E-state index in [9.17, 15) is 9.59 Å². The van der Waals surface area contributed by atoms with Gasteiger partial charge in [0.05, 0.1) is 6.42 Å². The molecule has 0 spiro atoms. The van der Waals surface area contributed by atoms with Crippen molar-refractivity contribution in [3.63, 3.8) is 0 Å². The molecule has 0 bridgehead atoms. The fourth-order valence-corrected chi connectivity index (χ4v) is 3.07. The minimum Gasteiger partial charge on any atom is -0.339 e. The summed E-state index contributed by atoms with van der Waals surface area (Å²) >= 11 is 1.61. The molecular weight excluding hydrogens is 234 g/mol. The lowest BCUT2D eigenvalue weighted by molar-refractivity contribution is -0.131. The lowest BCUT2D eigenvalue weighted by Gasteiger charge is -2.23. The average molecular weight is 251 g/mol. The van der Waals surface area contributed by atoms with E-state index < -0.39 is 0 Å². The van der Waals surface area contributed by atoms with Crippen LogP contribution in [0.15, 0.2) is 17.5 Å². The number of rotatable bonds is 4. The molecule has 1 aromatic rings. The maximum absolute atomic E-state index is 12.1. The standard InChI is InChI=1S/C13H17NO2S/c1-10(15)8-11-4-2-6-14(11)13(16)9-12-5-3-7-17-12/h3,5,7,11H,2,4,6,8-9H2,1H3. The van der Waals surface area contributed by atoms with Crippen molar-refractivity contribution in [2.24, 2.45) is 0 Å². The van der Waals surface area contributed by atoms with E-state index >= 15 is 0 Å². The van der Waals surface area contributed by atoms with Gasteiger partial charge in [-0.05, 0) is 31.2 Å². The summed E-state index contributed by atoms with van der Waals surface area (Å²) in [6.07, 6.45) is 2.98. The Kier molecular flexibility index (Phi) is 3.94. The molecule has 1 amide bonds. The molecule has 0 N–H and O–H groups in total. The molecule has 0 radical (unpaired) electrons. The molecule has 92 valence electrons. The molecule has 2 heterocycles. The van der Waals surface area contributed by atoms with Crippen LogP contribution in [-0.2, 0) is 16.0 Å². The van der Waals surface area contributed by atoms with Crippen LogP contribution < -0.4 is 0 Å². The Morgan fingerprint density at radius 3 is 3.00 bits per heavy atom. The third kappa shape index (κ3) is 3.16. The largest absolute Gasteiger partial charge is 0.339 e. The van der Waals surface area contributed by atoms with Gasteiger partial charge < -0.3 is 4.90 Å². The SMILES string of the molecule is CC(=O)CC1CCCN1C(=O)Cc1cccs1. The van der Waals surface area contributed by atoms with Gasteiger partial charge >= 0.3 is 0 Å². The van der Waals surface area contributed by atoms with E-state index in [-0.39, 0.29) is 17.7 Å². The van der Waals surface area contributed by atoms with Gasteiger partial charge in [0, 0.05) is 23.9 Å². The van der Waals surface area contributed by atoms with Crippen molar-refractivity contribution in [2.45, 2.75) is 38.6 Å². The molecule has 0 aliphatic carbocycles. The van der Waals surface area contributed by atoms with Crippen LogP contribution in [0, 0.1) is 0 Å². The summed E-state index contributed by atoms with van der Waals surface area (Å²) in [4.78, 5) is 26.3. The van der Waals surface area contributed by atoms with Crippen LogP contribution in [0.4, 0.5) is 0 Å². The highest BCUT2D eigenvalue weighted by Gasteiger charge is 2.29. The van der Waals surface area contributed by atoms with Crippen molar-refractivity contribution in [3.8, 4) is 0 Å². The lowest BCUT2D eigenvalue weighted by atomic mass is 10.1. The number of Topliss-reactive ketones (excluding diaryl/α,β-unsaturated/α-hetero) is 1. The normalized spacial score (nSPS) is 19.6. The highest BCUT2D eigenvalue weighted by atomic mass is 32.1. The van der Waals surface area contributed by atoms with Gasteiger partial charge in [-0.1, -0.05) is 6.07 Å². The minimum atomic E-state index is 0.139. The number of ketones is 1. The summed E-state index contributed by atoms with van der Waals surface area (Å²) in [5.41, 5.74) is 0. The highest BCUT2D eigenvalue weighted by molar-refractivity contribution is 7.10. The maximum Gasteiger partial charge on any atom is 0.228 e. The lowest BCUT2D eigenvalue weighted by Crippen LogP contribution is -2.37. The Labute approximate surface area is 105 Å². The van der Waals surface area contributed by atoms with Crippen LogP contribution in [0.1, 0.15) is 31.1 Å². The van der Waals surface area contributed by atoms with E-state index in [0.717, 1.165) is 24.3 Å². The van der Waals surface area contributed by atoms with E-state index in [4.69, 9.17) is 0 Å². The number of thiophene rings is 1. The Morgan fingerprint density at radius 1 is 1.53 bits per heavy atom. The van der Waals surface area contributed by atoms with Crippen molar-refractivity contribution < 1.29 is 9.59 Å². The average Bonchev–Trinajstić information content (AvgIpc) is 2.87. The van der Waals surface area contributed by atoms with Gasteiger partial charge in [0.15, 0.2) is 0 Å². The first kappa shape index (κ1) is 12.3. The monoisotopic (exact) mass is 251 g/mol.